The molecule has 0 bridgehead atoms. The van der Waals surface area contributed by atoms with Gasteiger partial charge in [0.25, 0.3) is 0 Å². The SMILES string of the molecule is C1#Cc2ccccc2C#CCC/C=C\C1. The molecule has 0 spiro atoms. The van der Waals surface area contributed by atoms with Gasteiger partial charge in [0.1, 0.15) is 0 Å². The van der Waals surface area contributed by atoms with E-state index in [9.17, 15) is 0 Å². The van der Waals surface area contributed by atoms with Gasteiger partial charge in [-0.15, -0.1) is 0 Å². The lowest BCUT2D eigenvalue weighted by Gasteiger charge is -1.94. The van der Waals surface area contributed by atoms with Crippen LogP contribution in [0, 0.1) is 23.7 Å². The van der Waals surface area contributed by atoms with Gasteiger partial charge in [0.05, 0.1) is 0 Å². The highest BCUT2D eigenvalue weighted by atomic mass is 14.0. The molecule has 0 amide bonds. The van der Waals surface area contributed by atoms with E-state index < -0.39 is 0 Å². The molecule has 15 heavy (non-hydrogen) atoms. The van der Waals surface area contributed by atoms with E-state index in [-0.39, 0.29) is 0 Å². The summed E-state index contributed by atoms with van der Waals surface area (Å²) in [5.41, 5.74) is 2.09. The van der Waals surface area contributed by atoms with Crippen LogP contribution in [0.2, 0.25) is 0 Å². The van der Waals surface area contributed by atoms with E-state index in [0.717, 1.165) is 30.4 Å². The summed E-state index contributed by atoms with van der Waals surface area (Å²) in [5, 5.41) is 0. The molecule has 0 heteroatoms. The van der Waals surface area contributed by atoms with Gasteiger partial charge >= 0.3 is 0 Å². The van der Waals surface area contributed by atoms with Crippen LogP contribution < -0.4 is 0 Å². The highest BCUT2D eigenvalue weighted by Gasteiger charge is 1.93. The Morgan fingerprint density at radius 3 is 2.40 bits per heavy atom. The quantitative estimate of drug-likeness (QED) is 0.437. The Kier molecular flexibility index (Phi) is 3.26. The summed E-state index contributed by atoms with van der Waals surface area (Å²) in [4.78, 5) is 0. The lowest BCUT2D eigenvalue weighted by atomic mass is 10.1. The van der Waals surface area contributed by atoms with Gasteiger partial charge in [-0.1, -0.05) is 48.0 Å². The molecule has 0 radical (unpaired) electrons. The van der Waals surface area contributed by atoms with Gasteiger partial charge in [-0.3, -0.25) is 0 Å². The second-order valence-corrected chi connectivity index (χ2v) is 3.36. The lowest BCUT2D eigenvalue weighted by molar-refractivity contribution is 1.08. The molecule has 0 nitrogen and oxygen atoms in total. The smallest absolute Gasteiger partial charge is 0.0401 e. The minimum Gasteiger partial charge on any atom is -0.0975 e. The van der Waals surface area contributed by atoms with E-state index in [1.807, 2.05) is 24.3 Å². The fourth-order valence-electron chi connectivity index (χ4n) is 1.42. The number of allylic oxidation sites excluding steroid dienone is 2. The van der Waals surface area contributed by atoms with Crippen LogP contribution in [0.3, 0.4) is 0 Å². The van der Waals surface area contributed by atoms with E-state index in [0.29, 0.717) is 0 Å². The summed E-state index contributed by atoms with van der Waals surface area (Å²) in [6.07, 6.45) is 7.04. The van der Waals surface area contributed by atoms with Crippen LogP contribution in [-0.2, 0) is 0 Å². The first kappa shape index (κ1) is 9.63. The molecule has 0 aromatic heterocycles. The summed E-state index contributed by atoms with van der Waals surface area (Å²) in [7, 11) is 0. The Balaban J connectivity index is 2.39. The average molecular weight is 192 g/mol. The van der Waals surface area contributed by atoms with Crippen LogP contribution >= 0.6 is 0 Å². The van der Waals surface area contributed by atoms with E-state index >= 15 is 0 Å². The second-order valence-electron chi connectivity index (χ2n) is 3.36. The maximum atomic E-state index is 3.17. The van der Waals surface area contributed by atoms with Crippen molar-refractivity contribution in [2.45, 2.75) is 19.3 Å². The second kappa shape index (κ2) is 5.08. The van der Waals surface area contributed by atoms with Crippen LogP contribution in [0.5, 0.6) is 0 Å². The monoisotopic (exact) mass is 192 g/mol. The van der Waals surface area contributed by atoms with Crippen molar-refractivity contribution in [3.8, 4) is 23.7 Å². The molecule has 0 aliphatic heterocycles. The summed E-state index contributed by atoms with van der Waals surface area (Å²) < 4.78 is 0. The predicted octanol–water partition coefficient (Wildman–Crippen LogP) is 3.13. The van der Waals surface area contributed by atoms with Crippen molar-refractivity contribution < 1.29 is 0 Å². The van der Waals surface area contributed by atoms with Gasteiger partial charge in [0.15, 0.2) is 0 Å². The van der Waals surface area contributed by atoms with E-state index in [1.165, 1.54) is 0 Å². The van der Waals surface area contributed by atoms with Crippen LogP contribution in [0.4, 0.5) is 0 Å². The summed E-state index contributed by atoms with van der Waals surface area (Å²) in [6.45, 7) is 0. The molecule has 0 unspecified atom stereocenters. The Morgan fingerprint density at radius 2 is 1.60 bits per heavy atom. The molecule has 0 N–H and O–H groups in total. The number of hydrogen-bond acceptors (Lipinski definition) is 0. The standard InChI is InChI=1S/C15H12/c1-2-4-6-10-14-12-8-9-13-15(14)11-7-5-3-1/h1-2,8-9,12-13H,3-5H2/b2-1-. The van der Waals surface area contributed by atoms with E-state index in [1.54, 1.807) is 0 Å². The van der Waals surface area contributed by atoms with Gasteiger partial charge in [-0.2, -0.15) is 0 Å². The molecule has 0 heterocycles. The van der Waals surface area contributed by atoms with Crippen LogP contribution in [0.25, 0.3) is 0 Å². The first-order valence-corrected chi connectivity index (χ1v) is 5.18. The van der Waals surface area contributed by atoms with Gasteiger partial charge in [-0.05, 0) is 18.6 Å². The Bertz CT molecular complexity index is 484. The van der Waals surface area contributed by atoms with E-state index in [4.69, 9.17) is 0 Å². The molecule has 0 saturated heterocycles. The largest absolute Gasteiger partial charge is 0.0975 e. The zero-order valence-electron chi connectivity index (χ0n) is 8.59. The van der Waals surface area contributed by atoms with Crippen molar-refractivity contribution >= 4 is 0 Å². The number of hydrogen-bond donors (Lipinski definition) is 0. The molecule has 72 valence electrons. The van der Waals surface area contributed by atoms with Crippen molar-refractivity contribution in [1.29, 1.82) is 0 Å². The number of fused-ring (bicyclic) bond motifs is 1. The van der Waals surface area contributed by atoms with Crippen molar-refractivity contribution in [2.75, 3.05) is 0 Å². The zero-order chi connectivity index (χ0) is 10.3. The molecule has 2 rings (SSSR count). The molecule has 1 aliphatic carbocycles. The lowest BCUT2D eigenvalue weighted by Crippen LogP contribution is -1.81. The van der Waals surface area contributed by atoms with Gasteiger partial charge in [0.2, 0.25) is 0 Å². The van der Waals surface area contributed by atoms with Crippen molar-refractivity contribution in [1.82, 2.24) is 0 Å². The van der Waals surface area contributed by atoms with Gasteiger partial charge in [-0.25, -0.2) is 0 Å². The van der Waals surface area contributed by atoms with Crippen LogP contribution in [-0.4, -0.2) is 0 Å². The number of benzene rings is 1. The highest BCUT2D eigenvalue weighted by Crippen LogP contribution is 2.06. The third-order valence-electron chi connectivity index (χ3n) is 2.20. The zero-order valence-corrected chi connectivity index (χ0v) is 8.59. The van der Waals surface area contributed by atoms with Crippen molar-refractivity contribution in [3.63, 3.8) is 0 Å². The first-order chi connectivity index (χ1) is 7.47. The predicted molar refractivity (Wildman–Crippen MR) is 63.2 cm³/mol. The normalized spacial score (nSPS) is 15.7. The Hall–Kier alpha value is -1.92. The fraction of sp³-hybridized carbons (Fsp3) is 0.200. The summed E-state index contributed by atoms with van der Waals surface area (Å²) in [6, 6.07) is 8.07. The molecule has 0 atom stereocenters. The average Bonchev–Trinajstić information content (AvgIpc) is 2.32. The molecule has 0 fully saturated rings. The maximum absolute atomic E-state index is 3.17. The third kappa shape index (κ3) is 2.76. The highest BCUT2D eigenvalue weighted by molar-refractivity contribution is 5.50. The molecular weight excluding hydrogens is 180 g/mol. The minimum absolute atomic E-state index is 0.828. The van der Waals surface area contributed by atoms with Crippen molar-refractivity contribution in [2.24, 2.45) is 0 Å². The van der Waals surface area contributed by atoms with Crippen LogP contribution in [0.15, 0.2) is 36.4 Å². The topological polar surface area (TPSA) is 0 Å². The number of rotatable bonds is 0. The Labute approximate surface area is 91.0 Å². The summed E-state index contributed by atoms with van der Waals surface area (Å²) >= 11 is 0. The fourth-order valence-corrected chi connectivity index (χ4v) is 1.42. The molecular formula is C15H12. The van der Waals surface area contributed by atoms with Gasteiger partial charge < -0.3 is 0 Å². The third-order valence-corrected chi connectivity index (χ3v) is 2.20. The Morgan fingerprint density at radius 1 is 0.867 bits per heavy atom. The molecule has 1 aromatic carbocycles. The minimum atomic E-state index is 0.828. The first-order valence-electron chi connectivity index (χ1n) is 5.18. The summed E-state index contributed by atoms with van der Waals surface area (Å²) in [5.74, 6) is 12.6. The van der Waals surface area contributed by atoms with Crippen molar-refractivity contribution in [3.05, 3.63) is 47.5 Å². The van der Waals surface area contributed by atoms with E-state index in [2.05, 4.69) is 35.8 Å². The molecule has 1 aliphatic rings. The molecule has 1 aromatic rings. The van der Waals surface area contributed by atoms with Crippen LogP contribution in [0.1, 0.15) is 30.4 Å². The molecule has 0 saturated carbocycles. The maximum Gasteiger partial charge on any atom is 0.0401 e. The van der Waals surface area contributed by atoms with Gasteiger partial charge in [0, 0.05) is 24.0 Å².